The second-order valence-corrected chi connectivity index (χ2v) is 8.66. The van der Waals surface area contributed by atoms with E-state index in [1.165, 1.54) is 16.7 Å². The molecule has 0 aromatic heterocycles. The highest BCUT2D eigenvalue weighted by Crippen LogP contribution is 2.36. The molecule has 166 valence electrons. The third kappa shape index (κ3) is 5.60. The number of nitrogens with zero attached hydrogens (tertiary/aromatic N) is 1. The monoisotopic (exact) mass is 476 g/mol. The average molecular weight is 477 g/mol. The predicted molar refractivity (Wildman–Crippen MR) is 136 cm³/mol. The van der Waals surface area contributed by atoms with Gasteiger partial charge in [-0.1, -0.05) is 54.3 Å². The molecular weight excluding hydrogens is 456 g/mol. The number of amides is 2. The van der Waals surface area contributed by atoms with Gasteiger partial charge >= 0.3 is 0 Å². The van der Waals surface area contributed by atoms with Crippen LogP contribution in [0.3, 0.4) is 0 Å². The van der Waals surface area contributed by atoms with Crippen LogP contribution in [0.2, 0.25) is 0 Å². The summed E-state index contributed by atoms with van der Waals surface area (Å²) in [4.78, 5) is 27.0. The summed E-state index contributed by atoms with van der Waals surface area (Å²) in [6.07, 6.45) is 1.79. The van der Waals surface area contributed by atoms with Crippen LogP contribution in [0.5, 0.6) is 11.5 Å². The van der Waals surface area contributed by atoms with Gasteiger partial charge in [-0.25, -0.2) is 0 Å². The number of methoxy groups -OCH3 is 1. The van der Waals surface area contributed by atoms with Crippen molar-refractivity contribution in [3.8, 4) is 11.5 Å². The van der Waals surface area contributed by atoms with Crippen LogP contribution < -0.4 is 19.7 Å². The Kier molecular flexibility index (Phi) is 7.07. The molecule has 8 heteroatoms. The summed E-state index contributed by atoms with van der Waals surface area (Å²) in [7, 11) is 1.59. The molecule has 1 heterocycles. The molecule has 2 amide bonds. The second-order valence-electron chi connectivity index (χ2n) is 6.99. The maximum absolute atomic E-state index is 12.9. The Morgan fingerprint density at radius 1 is 1.00 bits per heavy atom. The fourth-order valence-electron chi connectivity index (χ4n) is 3.10. The number of anilines is 2. The van der Waals surface area contributed by atoms with Gasteiger partial charge in [0.05, 0.1) is 17.7 Å². The molecule has 1 aliphatic rings. The van der Waals surface area contributed by atoms with E-state index in [9.17, 15) is 9.59 Å². The van der Waals surface area contributed by atoms with Crippen molar-refractivity contribution in [2.24, 2.45) is 0 Å². The van der Waals surface area contributed by atoms with Crippen molar-refractivity contribution >= 4 is 57.6 Å². The highest BCUT2D eigenvalue weighted by molar-refractivity contribution is 8.27. The third-order valence-corrected chi connectivity index (χ3v) is 6.03. The van der Waals surface area contributed by atoms with E-state index >= 15 is 0 Å². The van der Waals surface area contributed by atoms with E-state index in [1.54, 1.807) is 49.6 Å². The summed E-state index contributed by atoms with van der Waals surface area (Å²) in [6, 6.07) is 23.5. The molecule has 1 saturated heterocycles. The van der Waals surface area contributed by atoms with Gasteiger partial charge in [-0.05, 0) is 60.2 Å². The van der Waals surface area contributed by atoms with Gasteiger partial charge in [-0.2, -0.15) is 0 Å². The molecule has 3 aromatic carbocycles. The molecule has 6 nitrogen and oxygen atoms in total. The van der Waals surface area contributed by atoms with Crippen molar-refractivity contribution in [1.82, 2.24) is 0 Å². The number of benzene rings is 3. The molecule has 0 spiro atoms. The van der Waals surface area contributed by atoms with Gasteiger partial charge < -0.3 is 14.8 Å². The van der Waals surface area contributed by atoms with Crippen molar-refractivity contribution in [1.29, 1.82) is 0 Å². The lowest BCUT2D eigenvalue weighted by Gasteiger charge is -2.14. The number of nitrogens with one attached hydrogen (secondary N) is 1. The van der Waals surface area contributed by atoms with E-state index in [0.717, 1.165) is 5.56 Å². The summed E-state index contributed by atoms with van der Waals surface area (Å²) < 4.78 is 11.2. The van der Waals surface area contributed by atoms with Gasteiger partial charge in [0, 0.05) is 5.69 Å². The Bertz CT molecular complexity index is 1190. The van der Waals surface area contributed by atoms with E-state index in [-0.39, 0.29) is 18.4 Å². The van der Waals surface area contributed by atoms with Crippen molar-refractivity contribution in [2.45, 2.75) is 0 Å². The van der Waals surface area contributed by atoms with Crippen LogP contribution in [0.1, 0.15) is 5.56 Å². The smallest absolute Gasteiger partial charge is 0.270 e. The minimum absolute atomic E-state index is 0.102. The molecule has 0 bridgehead atoms. The first-order chi connectivity index (χ1) is 16.0. The van der Waals surface area contributed by atoms with E-state index in [0.29, 0.717) is 32.1 Å². The van der Waals surface area contributed by atoms with Crippen molar-refractivity contribution < 1.29 is 19.1 Å². The van der Waals surface area contributed by atoms with E-state index < -0.39 is 0 Å². The van der Waals surface area contributed by atoms with Gasteiger partial charge in [-0.3, -0.25) is 14.5 Å². The summed E-state index contributed by atoms with van der Waals surface area (Å²) in [5, 5.41) is 2.77. The van der Waals surface area contributed by atoms with Crippen LogP contribution >= 0.6 is 24.0 Å². The zero-order valence-corrected chi connectivity index (χ0v) is 19.3. The molecule has 1 N–H and O–H groups in total. The van der Waals surface area contributed by atoms with Crippen molar-refractivity contribution in [3.63, 3.8) is 0 Å². The van der Waals surface area contributed by atoms with Crippen LogP contribution in [0.4, 0.5) is 11.4 Å². The van der Waals surface area contributed by atoms with Gasteiger partial charge in [-0.15, -0.1) is 0 Å². The zero-order valence-electron chi connectivity index (χ0n) is 17.7. The van der Waals surface area contributed by atoms with E-state index in [4.69, 9.17) is 21.7 Å². The number of thiocarbonyl (C=S) groups is 1. The number of ether oxygens (including phenoxy) is 2. The molecule has 0 atom stereocenters. The lowest BCUT2D eigenvalue weighted by atomic mass is 10.2. The minimum atomic E-state index is -0.243. The lowest BCUT2D eigenvalue weighted by Crippen LogP contribution is -2.27. The second kappa shape index (κ2) is 10.3. The Hall–Kier alpha value is -3.62. The molecule has 1 aliphatic heterocycles. The molecule has 3 aromatic rings. The fraction of sp³-hybridized carbons (Fsp3) is 0.0800. The molecule has 1 fully saturated rings. The highest BCUT2D eigenvalue weighted by atomic mass is 32.2. The lowest BCUT2D eigenvalue weighted by molar-refractivity contribution is -0.118. The number of hydrogen-bond acceptors (Lipinski definition) is 6. The quantitative estimate of drug-likeness (QED) is 0.377. The summed E-state index contributed by atoms with van der Waals surface area (Å²) in [5.74, 6) is 0.848. The number of para-hydroxylation sites is 1. The molecular formula is C25H20N2O4S2. The number of carbonyl (C=O) groups is 2. The topological polar surface area (TPSA) is 67.9 Å². The van der Waals surface area contributed by atoms with Crippen LogP contribution in [0.25, 0.3) is 6.08 Å². The zero-order chi connectivity index (χ0) is 23.2. The largest absolute Gasteiger partial charge is 0.497 e. The number of rotatable bonds is 7. The van der Waals surface area contributed by atoms with Crippen LogP contribution in [0.15, 0.2) is 83.8 Å². The number of thioether (sulfide) groups is 1. The first-order valence-corrected chi connectivity index (χ1v) is 11.3. The van der Waals surface area contributed by atoms with E-state index in [2.05, 4.69) is 5.32 Å². The third-order valence-electron chi connectivity index (χ3n) is 4.73. The minimum Gasteiger partial charge on any atom is -0.497 e. The maximum Gasteiger partial charge on any atom is 0.270 e. The number of hydrogen-bond donors (Lipinski definition) is 1. The van der Waals surface area contributed by atoms with Crippen LogP contribution in [-0.4, -0.2) is 29.9 Å². The van der Waals surface area contributed by atoms with Gasteiger partial charge in [0.25, 0.3) is 11.8 Å². The molecule has 4 rings (SSSR count). The van der Waals surface area contributed by atoms with E-state index in [1.807, 2.05) is 42.5 Å². The molecule has 0 aliphatic carbocycles. The van der Waals surface area contributed by atoms with Crippen LogP contribution in [-0.2, 0) is 9.59 Å². The normalized spacial score (nSPS) is 14.5. The Balaban J connectivity index is 1.37. The van der Waals surface area contributed by atoms with Gasteiger partial charge in [0.15, 0.2) is 10.9 Å². The molecule has 0 radical (unpaired) electrons. The first kappa shape index (κ1) is 22.6. The standard InChI is InChI=1S/C25H20N2O4S2/c1-30-20-13-9-19(10-14-20)27-24(29)22(33-25(27)32)15-17-7-11-21(12-8-17)31-16-23(28)26-18-5-3-2-4-6-18/h2-15H,16H2,1H3,(H,26,28)/b22-15-. The van der Waals surface area contributed by atoms with Gasteiger partial charge in [0.1, 0.15) is 11.5 Å². The predicted octanol–water partition coefficient (Wildman–Crippen LogP) is 5.12. The van der Waals surface area contributed by atoms with Crippen LogP contribution in [0, 0.1) is 0 Å². The Morgan fingerprint density at radius 3 is 2.33 bits per heavy atom. The summed E-state index contributed by atoms with van der Waals surface area (Å²) in [6.45, 7) is -0.102. The molecule has 33 heavy (non-hydrogen) atoms. The Labute approximate surface area is 201 Å². The van der Waals surface area contributed by atoms with Crippen molar-refractivity contribution in [2.75, 3.05) is 23.9 Å². The SMILES string of the molecule is COc1ccc(N2C(=O)/C(=C/c3ccc(OCC(=O)Nc4ccccc4)cc3)SC2=S)cc1. The summed E-state index contributed by atoms with van der Waals surface area (Å²) >= 11 is 6.67. The average Bonchev–Trinajstić information content (AvgIpc) is 3.12. The summed E-state index contributed by atoms with van der Waals surface area (Å²) in [5.41, 5.74) is 2.24. The first-order valence-electron chi connectivity index (χ1n) is 10.0. The Morgan fingerprint density at radius 2 is 1.67 bits per heavy atom. The number of carbonyl (C=O) groups excluding carboxylic acids is 2. The van der Waals surface area contributed by atoms with Gasteiger partial charge in [0.2, 0.25) is 0 Å². The fourth-order valence-corrected chi connectivity index (χ4v) is 4.40. The molecule has 0 saturated carbocycles. The van der Waals surface area contributed by atoms with Crippen molar-refractivity contribution in [3.05, 3.63) is 89.3 Å². The highest BCUT2D eigenvalue weighted by Gasteiger charge is 2.33. The maximum atomic E-state index is 12.9. The molecule has 0 unspecified atom stereocenters.